The van der Waals surface area contributed by atoms with Crippen molar-refractivity contribution in [3.05, 3.63) is 188 Å². The molecule has 10 rings (SSSR count). The van der Waals surface area contributed by atoms with Gasteiger partial charge in [-0.1, -0.05) is 152 Å². The Morgan fingerprint density at radius 1 is 0.340 bits per heavy atom. The van der Waals surface area contributed by atoms with E-state index in [1.165, 1.54) is 5.39 Å². The summed E-state index contributed by atoms with van der Waals surface area (Å²) in [7, 11) is 0. The van der Waals surface area contributed by atoms with Crippen LogP contribution < -0.4 is 0 Å². The predicted molar refractivity (Wildman–Crippen MR) is 217 cm³/mol. The van der Waals surface area contributed by atoms with Crippen molar-refractivity contribution in [3.8, 4) is 62.4 Å². The Bertz CT molecular complexity index is 2940. The van der Waals surface area contributed by atoms with Crippen LogP contribution in [0.5, 0.6) is 0 Å². The summed E-state index contributed by atoms with van der Waals surface area (Å²) in [5.41, 5.74) is 9.17. The van der Waals surface area contributed by atoms with Gasteiger partial charge in [-0.3, -0.25) is 4.57 Å². The van der Waals surface area contributed by atoms with Gasteiger partial charge in [0.1, 0.15) is 5.82 Å². The first-order valence-electron chi connectivity index (χ1n) is 17.7. The Labute approximate surface area is 306 Å². The minimum Gasteiger partial charge on any atom is -0.292 e. The van der Waals surface area contributed by atoms with Gasteiger partial charge < -0.3 is 0 Å². The molecule has 53 heavy (non-hydrogen) atoms. The maximum Gasteiger partial charge on any atom is 0.164 e. The van der Waals surface area contributed by atoms with Crippen LogP contribution in [0.2, 0.25) is 0 Å². The van der Waals surface area contributed by atoms with Crippen LogP contribution in [0.4, 0.5) is 0 Å². The van der Waals surface area contributed by atoms with Gasteiger partial charge >= 0.3 is 0 Å². The number of aromatic nitrogens is 5. The lowest BCUT2D eigenvalue weighted by Crippen LogP contribution is -2.00. The average Bonchev–Trinajstić information content (AvgIpc) is 3.63. The number of imidazole rings is 1. The van der Waals surface area contributed by atoms with Gasteiger partial charge in [-0.05, 0) is 69.1 Å². The molecule has 0 amide bonds. The number of para-hydroxylation sites is 3. The van der Waals surface area contributed by atoms with E-state index < -0.39 is 0 Å². The van der Waals surface area contributed by atoms with Gasteiger partial charge in [0.05, 0.1) is 11.0 Å². The third kappa shape index (κ3) is 5.61. The van der Waals surface area contributed by atoms with E-state index in [9.17, 15) is 0 Å². The number of hydrogen-bond donors (Lipinski definition) is 0. The van der Waals surface area contributed by atoms with Crippen molar-refractivity contribution in [3.63, 3.8) is 0 Å². The highest BCUT2D eigenvalue weighted by Crippen LogP contribution is 2.34. The van der Waals surface area contributed by atoms with Gasteiger partial charge in [0.15, 0.2) is 17.5 Å². The van der Waals surface area contributed by atoms with E-state index in [-0.39, 0.29) is 0 Å². The second-order valence-electron chi connectivity index (χ2n) is 13.1. The van der Waals surface area contributed by atoms with Crippen molar-refractivity contribution < 1.29 is 0 Å². The maximum atomic E-state index is 5.13. The van der Waals surface area contributed by atoms with Gasteiger partial charge in [0.25, 0.3) is 0 Å². The molecule has 0 aliphatic heterocycles. The first kappa shape index (κ1) is 30.6. The minimum atomic E-state index is 0.626. The molecule has 8 aromatic carbocycles. The number of rotatable bonds is 6. The highest BCUT2D eigenvalue weighted by Gasteiger charge is 2.17. The molecule has 248 valence electrons. The third-order valence-corrected chi connectivity index (χ3v) is 9.85. The zero-order valence-electron chi connectivity index (χ0n) is 28.6. The quantitative estimate of drug-likeness (QED) is 0.176. The van der Waals surface area contributed by atoms with Crippen LogP contribution in [0.15, 0.2) is 188 Å². The van der Waals surface area contributed by atoms with Gasteiger partial charge in [-0.25, -0.2) is 19.9 Å². The lowest BCUT2D eigenvalue weighted by Gasteiger charge is -2.12. The van der Waals surface area contributed by atoms with Crippen LogP contribution in [0, 0.1) is 0 Å². The summed E-state index contributed by atoms with van der Waals surface area (Å²) in [6.07, 6.45) is 0. The Morgan fingerprint density at radius 3 is 1.79 bits per heavy atom. The van der Waals surface area contributed by atoms with E-state index in [4.69, 9.17) is 19.9 Å². The monoisotopic (exact) mass is 677 g/mol. The molecule has 0 N–H and O–H groups in total. The van der Waals surface area contributed by atoms with Crippen LogP contribution in [-0.4, -0.2) is 24.5 Å². The van der Waals surface area contributed by atoms with Crippen molar-refractivity contribution in [2.45, 2.75) is 0 Å². The van der Waals surface area contributed by atoms with Crippen molar-refractivity contribution >= 4 is 32.6 Å². The molecule has 0 aliphatic carbocycles. The molecule has 0 fully saturated rings. The third-order valence-electron chi connectivity index (χ3n) is 9.85. The Morgan fingerprint density at radius 2 is 0.943 bits per heavy atom. The normalized spacial score (nSPS) is 11.4. The largest absolute Gasteiger partial charge is 0.292 e. The average molecular weight is 678 g/mol. The molecule has 0 saturated heterocycles. The fraction of sp³-hybridized carbons (Fsp3) is 0. The van der Waals surface area contributed by atoms with E-state index >= 15 is 0 Å². The summed E-state index contributed by atoms with van der Waals surface area (Å²) in [6.45, 7) is 0. The Kier molecular flexibility index (Phi) is 7.40. The fourth-order valence-electron chi connectivity index (χ4n) is 7.21. The molecule has 5 nitrogen and oxygen atoms in total. The van der Waals surface area contributed by atoms with Crippen molar-refractivity contribution in [1.29, 1.82) is 0 Å². The van der Waals surface area contributed by atoms with Crippen LogP contribution in [-0.2, 0) is 0 Å². The summed E-state index contributed by atoms with van der Waals surface area (Å²) in [5.74, 6) is 2.82. The molecule has 0 atom stereocenters. The zero-order valence-corrected chi connectivity index (χ0v) is 28.6. The fourth-order valence-corrected chi connectivity index (χ4v) is 7.21. The summed E-state index contributed by atoms with van der Waals surface area (Å²) in [5, 5.41) is 4.56. The lowest BCUT2D eigenvalue weighted by molar-refractivity contribution is 1.08. The Hall–Kier alpha value is -7.24. The van der Waals surface area contributed by atoms with Crippen molar-refractivity contribution in [2.75, 3.05) is 0 Å². The molecule has 0 radical (unpaired) electrons. The summed E-state index contributed by atoms with van der Waals surface area (Å²) < 4.78 is 2.23. The highest BCUT2D eigenvalue weighted by molar-refractivity contribution is 5.95. The van der Waals surface area contributed by atoms with E-state index in [1.807, 2.05) is 12.1 Å². The summed E-state index contributed by atoms with van der Waals surface area (Å²) in [4.78, 5) is 20.4. The molecule has 5 heteroatoms. The molecular weight excluding hydrogens is 647 g/mol. The van der Waals surface area contributed by atoms with E-state index in [1.54, 1.807) is 0 Å². The molecule has 10 aromatic rings. The number of hydrogen-bond acceptors (Lipinski definition) is 4. The second-order valence-corrected chi connectivity index (χ2v) is 13.1. The first-order chi connectivity index (χ1) is 26.2. The van der Waals surface area contributed by atoms with Gasteiger partial charge in [0.2, 0.25) is 0 Å². The molecular formula is C48H31N5. The number of benzene rings is 8. The summed E-state index contributed by atoms with van der Waals surface area (Å²) in [6, 6.07) is 65.2. The van der Waals surface area contributed by atoms with Crippen molar-refractivity contribution in [2.24, 2.45) is 0 Å². The van der Waals surface area contributed by atoms with Crippen LogP contribution in [0.3, 0.4) is 0 Å². The van der Waals surface area contributed by atoms with Crippen LogP contribution in [0.25, 0.3) is 94.9 Å². The summed E-state index contributed by atoms with van der Waals surface area (Å²) >= 11 is 0. The molecule has 0 saturated carbocycles. The molecule has 0 bridgehead atoms. The van der Waals surface area contributed by atoms with Gasteiger partial charge in [0, 0.05) is 27.9 Å². The topological polar surface area (TPSA) is 56.5 Å². The zero-order chi connectivity index (χ0) is 35.1. The molecule has 0 aliphatic rings. The second kappa shape index (κ2) is 12.8. The van der Waals surface area contributed by atoms with E-state index in [0.717, 1.165) is 72.1 Å². The number of nitrogens with zero attached hydrogens (tertiary/aromatic N) is 5. The first-order valence-corrected chi connectivity index (χ1v) is 17.7. The highest BCUT2D eigenvalue weighted by atomic mass is 15.1. The Balaban J connectivity index is 1.07. The SMILES string of the molecule is c1ccc(-n2c(-c3ccc(-c4cccc(-c5nc(-c6ccc7ccccc7c6)nc(-c6cccc7ccccc67)n5)c4)cc3)nc3ccccc32)cc1. The lowest BCUT2D eigenvalue weighted by atomic mass is 10.0. The van der Waals surface area contributed by atoms with Crippen LogP contribution >= 0.6 is 0 Å². The van der Waals surface area contributed by atoms with Gasteiger partial charge in [-0.15, -0.1) is 0 Å². The predicted octanol–water partition coefficient (Wildman–Crippen LogP) is 11.9. The molecule has 0 spiro atoms. The van der Waals surface area contributed by atoms with Gasteiger partial charge in [-0.2, -0.15) is 0 Å². The minimum absolute atomic E-state index is 0.626. The number of fused-ring (bicyclic) bond motifs is 3. The molecule has 2 aromatic heterocycles. The molecule has 2 heterocycles. The van der Waals surface area contributed by atoms with Crippen molar-refractivity contribution in [1.82, 2.24) is 24.5 Å². The smallest absolute Gasteiger partial charge is 0.164 e. The van der Waals surface area contributed by atoms with E-state index in [2.05, 4.69) is 180 Å². The standard InChI is InChI=1S/C48H31N5/c1-2-18-40(19-3-1)53-44-23-9-8-22-43(44)49-48(53)35-27-24-33(25-28-35)37-16-10-17-38(30-37)45-50-46(39-29-26-32-12-4-5-14-36(32)31-39)52-47(51-45)42-21-11-15-34-13-6-7-20-41(34)42/h1-31H. The maximum absolute atomic E-state index is 5.13. The van der Waals surface area contributed by atoms with Crippen LogP contribution in [0.1, 0.15) is 0 Å². The van der Waals surface area contributed by atoms with E-state index in [0.29, 0.717) is 17.5 Å². The molecule has 0 unspecified atom stereocenters.